The summed E-state index contributed by atoms with van der Waals surface area (Å²) in [5.41, 5.74) is 0.129. The number of carbonyl (C=O) groups is 1. The van der Waals surface area contributed by atoms with Crippen molar-refractivity contribution in [1.82, 2.24) is 9.80 Å². The van der Waals surface area contributed by atoms with Crippen molar-refractivity contribution >= 4 is 22.9 Å². The second-order valence-corrected chi connectivity index (χ2v) is 6.82. The van der Waals surface area contributed by atoms with E-state index in [9.17, 15) is 14.9 Å². The lowest BCUT2D eigenvalue weighted by Crippen LogP contribution is -2.48. The molecule has 0 bridgehead atoms. The normalized spacial score (nSPS) is 15.2. The predicted octanol–water partition coefficient (Wildman–Crippen LogP) is 2.62. The van der Waals surface area contributed by atoms with Gasteiger partial charge < -0.3 is 9.64 Å². The number of methoxy groups -OCH3 is 1. The first kappa shape index (κ1) is 17.4. The van der Waals surface area contributed by atoms with Crippen LogP contribution in [0.2, 0.25) is 0 Å². The van der Waals surface area contributed by atoms with Crippen LogP contribution in [0, 0.1) is 10.1 Å². The maximum Gasteiger partial charge on any atom is 0.270 e. The van der Waals surface area contributed by atoms with Crippen LogP contribution in [0.25, 0.3) is 0 Å². The van der Waals surface area contributed by atoms with E-state index in [0.29, 0.717) is 18.8 Å². The molecule has 0 radical (unpaired) electrons. The summed E-state index contributed by atoms with van der Waals surface area (Å²) in [6, 6.07) is 8.25. The number of hydrogen-bond donors (Lipinski definition) is 0. The van der Waals surface area contributed by atoms with Crippen molar-refractivity contribution in [2.45, 2.75) is 6.54 Å². The van der Waals surface area contributed by atoms with Gasteiger partial charge in [-0.05, 0) is 17.5 Å². The minimum absolute atomic E-state index is 0.111. The number of nitro groups is 1. The standard InChI is InChI=1S/C17H19N3O4S/c1-24-16-5-4-13(20(22)23)11-15(16)17(21)19-8-6-18(7-9-19)12-14-3-2-10-25-14/h2-5,10-11H,6-9,12H2,1H3. The fourth-order valence-corrected chi connectivity index (χ4v) is 3.63. The van der Waals surface area contributed by atoms with Gasteiger partial charge in [0.15, 0.2) is 0 Å². The van der Waals surface area contributed by atoms with Gasteiger partial charge in [-0.15, -0.1) is 11.3 Å². The van der Waals surface area contributed by atoms with Crippen LogP contribution in [0.5, 0.6) is 5.75 Å². The number of benzene rings is 1. The first-order valence-corrected chi connectivity index (χ1v) is 8.83. The minimum atomic E-state index is -0.505. The van der Waals surface area contributed by atoms with Crippen LogP contribution in [-0.2, 0) is 6.54 Å². The highest BCUT2D eigenvalue weighted by molar-refractivity contribution is 7.09. The van der Waals surface area contributed by atoms with E-state index in [0.717, 1.165) is 19.6 Å². The van der Waals surface area contributed by atoms with Gasteiger partial charge in [0.25, 0.3) is 11.6 Å². The molecule has 0 aliphatic carbocycles. The molecule has 0 saturated carbocycles. The summed E-state index contributed by atoms with van der Waals surface area (Å²) in [7, 11) is 1.46. The number of amides is 1. The first-order valence-electron chi connectivity index (χ1n) is 7.95. The molecule has 7 nitrogen and oxygen atoms in total. The van der Waals surface area contributed by atoms with Crippen molar-refractivity contribution in [2.24, 2.45) is 0 Å². The molecule has 8 heteroatoms. The number of non-ortho nitro benzene ring substituents is 1. The largest absolute Gasteiger partial charge is 0.496 e. The molecule has 1 saturated heterocycles. The zero-order valence-electron chi connectivity index (χ0n) is 13.9. The molecular weight excluding hydrogens is 342 g/mol. The van der Waals surface area contributed by atoms with Crippen molar-refractivity contribution < 1.29 is 14.5 Å². The highest BCUT2D eigenvalue weighted by Gasteiger charge is 2.26. The molecule has 1 aliphatic rings. The van der Waals surface area contributed by atoms with Gasteiger partial charge in [0.1, 0.15) is 5.75 Å². The van der Waals surface area contributed by atoms with Crippen LogP contribution in [-0.4, -0.2) is 53.9 Å². The number of nitrogens with zero attached hydrogens (tertiary/aromatic N) is 3. The average Bonchev–Trinajstić information content (AvgIpc) is 3.14. The van der Waals surface area contributed by atoms with Crippen LogP contribution >= 0.6 is 11.3 Å². The summed E-state index contributed by atoms with van der Waals surface area (Å²) in [6.45, 7) is 3.63. The van der Waals surface area contributed by atoms with Crippen molar-refractivity contribution in [3.05, 3.63) is 56.3 Å². The molecule has 1 aromatic carbocycles. The summed E-state index contributed by atoms with van der Waals surface area (Å²) in [5, 5.41) is 13.0. The van der Waals surface area contributed by atoms with Gasteiger partial charge in [0, 0.05) is 49.7 Å². The van der Waals surface area contributed by atoms with E-state index in [4.69, 9.17) is 4.74 Å². The third kappa shape index (κ3) is 3.97. The first-order chi connectivity index (χ1) is 12.1. The maximum atomic E-state index is 12.8. The van der Waals surface area contributed by atoms with E-state index in [1.807, 2.05) is 6.07 Å². The van der Waals surface area contributed by atoms with Gasteiger partial charge in [-0.2, -0.15) is 0 Å². The average molecular weight is 361 g/mol. The fourth-order valence-electron chi connectivity index (χ4n) is 2.88. The highest BCUT2D eigenvalue weighted by Crippen LogP contribution is 2.26. The van der Waals surface area contributed by atoms with Gasteiger partial charge >= 0.3 is 0 Å². The molecule has 0 atom stereocenters. The lowest BCUT2D eigenvalue weighted by Gasteiger charge is -2.34. The van der Waals surface area contributed by atoms with Gasteiger partial charge in [-0.1, -0.05) is 6.07 Å². The maximum absolute atomic E-state index is 12.8. The van der Waals surface area contributed by atoms with Crippen molar-refractivity contribution in [3.8, 4) is 5.75 Å². The summed E-state index contributed by atoms with van der Waals surface area (Å²) in [5.74, 6) is 0.132. The molecule has 1 aliphatic heterocycles. The second-order valence-electron chi connectivity index (χ2n) is 5.79. The third-order valence-electron chi connectivity index (χ3n) is 4.24. The molecule has 25 heavy (non-hydrogen) atoms. The Bertz CT molecular complexity index is 755. The Morgan fingerprint density at radius 3 is 2.64 bits per heavy atom. The zero-order valence-corrected chi connectivity index (χ0v) is 14.7. The predicted molar refractivity (Wildman–Crippen MR) is 95.1 cm³/mol. The zero-order chi connectivity index (χ0) is 17.8. The monoisotopic (exact) mass is 361 g/mol. The highest BCUT2D eigenvalue weighted by atomic mass is 32.1. The molecule has 0 N–H and O–H groups in total. The molecule has 132 valence electrons. The van der Waals surface area contributed by atoms with E-state index in [1.165, 1.54) is 30.2 Å². The molecule has 1 amide bonds. The number of thiophene rings is 1. The number of rotatable bonds is 5. The number of hydrogen-bond acceptors (Lipinski definition) is 6. The van der Waals surface area contributed by atoms with Gasteiger partial charge in [-0.3, -0.25) is 19.8 Å². The number of carbonyl (C=O) groups excluding carboxylic acids is 1. The topological polar surface area (TPSA) is 75.9 Å². The molecule has 0 unspecified atom stereocenters. The Balaban J connectivity index is 1.68. The van der Waals surface area contributed by atoms with E-state index < -0.39 is 4.92 Å². The summed E-state index contributed by atoms with van der Waals surface area (Å²) in [6.07, 6.45) is 0. The van der Waals surface area contributed by atoms with Crippen molar-refractivity contribution in [2.75, 3.05) is 33.3 Å². The van der Waals surface area contributed by atoms with Crippen LogP contribution in [0.4, 0.5) is 5.69 Å². The van der Waals surface area contributed by atoms with Gasteiger partial charge in [0.05, 0.1) is 17.6 Å². The van der Waals surface area contributed by atoms with Crippen LogP contribution in [0.15, 0.2) is 35.7 Å². The Hall–Kier alpha value is -2.45. The van der Waals surface area contributed by atoms with Crippen molar-refractivity contribution in [1.29, 1.82) is 0 Å². The molecule has 2 heterocycles. The van der Waals surface area contributed by atoms with E-state index in [1.54, 1.807) is 16.2 Å². The lowest BCUT2D eigenvalue weighted by molar-refractivity contribution is -0.384. The van der Waals surface area contributed by atoms with Crippen LogP contribution in [0.1, 0.15) is 15.2 Å². The third-order valence-corrected chi connectivity index (χ3v) is 5.10. The van der Waals surface area contributed by atoms with E-state index >= 15 is 0 Å². The van der Waals surface area contributed by atoms with Crippen LogP contribution < -0.4 is 4.74 Å². The minimum Gasteiger partial charge on any atom is -0.496 e. The van der Waals surface area contributed by atoms with Gasteiger partial charge in [-0.25, -0.2) is 0 Å². The molecule has 1 aromatic heterocycles. The van der Waals surface area contributed by atoms with Gasteiger partial charge in [0.2, 0.25) is 0 Å². The Morgan fingerprint density at radius 1 is 1.28 bits per heavy atom. The fraction of sp³-hybridized carbons (Fsp3) is 0.353. The van der Waals surface area contributed by atoms with E-state index in [2.05, 4.69) is 16.3 Å². The number of piperazine rings is 1. The Morgan fingerprint density at radius 2 is 2.04 bits per heavy atom. The smallest absolute Gasteiger partial charge is 0.270 e. The molecule has 2 aromatic rings. The lowest BCUT2D eigenvalue weighted by atomic mass is 10.1. The SMILES string of the molecule is COc1ccc([N+](=O)[O-])cc1C(=O)N1CCN(Cc2cccs2)CC1. The van der Waals surface area contributed by atoms with E-state index in [-0.39, 0.29) is 17.2 Å². The molecule has 0 spiro atoms. The number of nitro benzene ring substituents is 1. The van der Waals surface area contributed by atoms with Crippen LogP contribution in [0.3, 0.4) is 0 Å². The molecule has 3 rings (SSSR count). The second kappa shape index (κ2) is 7.62. The number of ether oxygens (including phenoxy) is 1. The Labute approximate surface area is 149 Å². The molecular formula is C17H19N3O4S. The summed E-state index contributed by atoms with van der Waals surface area (Å²) >= 11 is 1.73. The quantitative estimate of drug-likeness (QED) is 0.604. The van der Waals surface area contributed by atoms with Crippen molar-refractivity contribution in [3.63, 3.8) is 0 Å². The Kier molecular flexibility index (Phi) is 5.30. The molecule has 1 fully saturated rings. The summed E-state index contributed by atoms with van der Waals surface area (Å²) < 4.78 is 5.20. The summed E-state index contributed by atoms with van der Waals surface area (Å²) in [4.78, 5) is 28.6.